The van der Waals surface area contributed by atoms with Crippen molar-refractivity contribution in [2.75, 3.05) is 0 Å². The second-order valence-corrected chi connectivity index (χ2v) is 4.32. The monoisotopic (exact) mass is 286 g/mol. The van der Waals surface area contributed by atoms with E-state index in [2.05, 4.69) is 0 Å². The molecule has 0 spiro atoms. The van der Waals surface area contributed by atoms with Gasteiger partial charge in [-0.1, -0.05) is 60.7 Å². The van der Waals surface area contributed by atoms with Gasteiger partial charge in [-0.15, -0.1) is 0 Å². The Balaban J connectivity index is 0.000000211. The third kappa shape index (κ3) is 8.21. The number of ether oxygens (including phenoxy) is 1. The van der Waals surface area contributed by atoms with E-state index in [0.717, 1.165) is 11.1 Å². The van der Waals surface area contributed by atoms with Gasteiger partial charge in [0, 0.05) is 6.92 Å². The molecule has 2 aromatic carbocycles. The fourth-order valence-electron chi connectivity index (χ4n) is 1.53. The molecule has 1 N–H and O–H groups in total. The molecule has 4 nitrogen and oxygen atoms in total. The van der Waals surface area contributed by atoms with Crippen LogP contribution in [-0.4, -0.2) is 17.0 Å². The maximum absolute atomic E-state index is 10.4. The van der Waals surface area contributed by atoms with Crippen LogP contribution >= 0.6 is 0 Å². The third-order valence-electron chi connectivity index (χ3n) is 2.48. The van der Waals surface area contributed by atoms with Crippen LogP contribution in [0.1, 0.15) is 18.1 Å². The Morgan fingerprint density at radius 2 is 1.38 bits per heavy atom. The second kappa shape index (κ2) is 9.31. The normalized spacial score (nSPS) is 9.19. The van der Waals surface area contributed by atoms with Gasteiger partial charge < -0.3 is 9.84 Å². The fourth-order valence-corrected chi connectivity index (χ4v) is 1.53. The zero-order chi connectivity index (χ0) is 15.5. The molecular formula is C17H18O4. The van der Waals surface area contributed by atoms with Crippen molar-refractivity contribution in [2.45, 2.75) is 20.0 Å². The van der Waals surface area contributed by atoms with Crippen molar-refractivity contribution in [1.82, 2.24) is 0 Å². The summed E-state index contributed by atoms with van der Waals surface area (Å²) >= 11 is 0. The smallest absolute Gasteiger partial charge is 0.307 e. The van der Waals surface area contributed by atoms with E-state index in [9.17, 15) is 9.59 Å². The quantitative estimate of drug-likeness (QED) is 0.877. The van der Waals surface area contributed by atoms with Crippen molar-refractivity contribution in [2.24, 2.45) is 0 Å². The topological polar surface area (TPSA) is 63.6 Å². The van der Waals surface area contributed by atoms with Crippen molar-refractivity contribution in [3.05, 3.63) is 71.8 Å². The SMILES string of the molecule is CC(=O)OCc1ccccc1.O=C(O)Cc1ccccc1. The van der Waals surface area contributed by atoms with Crippen LogP contribution in [0.4, 0.5) is 0 Å². The number of hydrogen-bond donors (Lipinski definition) is 1. The summed E-state index contributed by atoms with van der Waals surface area (Å²) in [5, 5.41) is 8.37. The number of esters is 1. The molecule has 0 bridgehead atoms. The maximum atomic E-state index is 10.4. The Morgan fingerprint density at radius 1 is 0.905 bits per heavy atom. The molecule has 0 aliphatic rings. The molecule has 0 aliphatic carbocycles. The van der Waals surface area contributed by atoms with Crippen LogP contribution in [-0.2, 0) is 27.4 Å². The van der Waals surface area contributed by atoms with E-state index in [4.69, 9.17) is 9.84 Å². The van der Waals surface area contributed by atoms with Crippen LogP contribution in [0.5, 0.6) is 0 Å². The largest absolute Gasteiger partial charge is 0.481 e. The molecule has 4 heteroatoms. The van der Waals surface area contributed by atoms with Gasteiger partial charge in [0.15, 0.2) is 0 Å². The van der Waals surface area contributed by atoms with E-state index in [1.807, 2.05) is 48.5 Å². The van der Waals surface area contributed by atoms with Gasteiger partial charge in [-0.05, 0) is 11.1 Å². The first-order valence-corrected chi connectivity index (χ1v) is 6.51. The number of hydrogen-bond acceptors (Lipinski definition) is 3. The Labute approximate surface area is 124 Å². The zero-order valence-corrected chi connectivity index (χ0v) is 11.9. The van der Waals surface area contributed by atoms with Gasteiger partial charge in [0.1, 0.15) is 6.61 Å². The lowest BCUT2D eigenvalue weighted by Crippen LogP contribution is -1.98. The summed E-state index contributed by atoms with van der Waals surface area (Å²) in [6.45, 7) is 1.78. The highest BCUT2D eigenvalue weighted by Gasteiger charge is 1.96. The average Bonchev–Trinajstić information content (AvgIpc) is 2.47. The second-order valence-electron chi connectivity index (χ2n) is 4.32. The zero-order valence-electron chi connectivity index (χ0n) is 11.9. The molecule has 0 aromatic heterocycles. The number of carbonyl (C=O) groups excluding carboxylic acids is 1. The van der Waals surface area contributed by atoms with Crippen LogP contribution in [0.3, 0.4) is 0 Å². The lowest BCUT2D eigenvalue weighted by molar-refractivity contribution is -0.142. The van der Waals surface area contributed by atoms with E-state index >= 15 is 0 Å². The summed E-state index contributed by atoms with van der Waals surface area (Å²) in [7, 11) is 0. The first kappa shape index (κ1) is 16.4. The minimum atomic E-state index is -0.786. The molecule has 2 rings (SSSR count). The fraction of sp³-hybridized carbons (Fsp3) is 0.176. The molecule has 0 saturated carbocycles. The number of carboxylic acid groups (broad SMARTS) is 1. The van der Waals surface area contributed by atoms with Gasteiger partial charge in [0.2, 0.25) is 0 Å². The predicted molar refractivity (Wildman–Crippen MR) is 79.7 cm³/mol. The molecule has 0 saturated heterocycles. The highest BCUT2D eigenvalue weighted by atomic mass is 16.5. The summed E-state index contributed by atoms with van der Waals surface area (Å²) in [6.07, 6.45) is 0.112. The van der Waals surface area contributed by atoms with Crippen molar-refractivity contribution >= 4 is 11.9 Å². The van der Waals surface area contributed by atoms with Crippen molar-refractivity contribution < 1.29 is 19.4 Å². The number of aliphatic carboxylic acids is 1. The molecular weight excluding hydrogens is 268 g/mol. The standard InChI is InChI=1S/C9H10O2.C8H8O2/c1-8(10)11-7-9-5-3-2-4-6-9;9-8(10)6-7-4-2-1-3-5-7/h2-6H,7H2,1H3;1-5H,6H2,(H,9,10). The first-order valence-electron chi connectivity index (χ1n) is 6.51. The summed E-state index contributed by atoms with van der Waals surface area (Å²) in [5.41, 5.74) is 1.86. The maximum Gasteiger partial charge on any atom is 0.307 e. The Bertz CT molecular complexity index is 550. The Morgan fingerprint density at radius 3 is 1.81 bits per heavy atom. The van der Waals surface area contributed by atoms with Gasteiger partial charge >= 0.3 is 11.9 Å². The van der Waals surface area contributed by atoms with E-state index in [1.165, 1.54) is 6.92 Å². The molecule has 0 unspecified atom stereocenters. The first-order chi connectivity index (χ1) is 10.1. The molecule has 110 valence electrons. The highest BCUT2D eigenvalue weighted by Crippen LogP contribution is 2.00. The van der Waals surface area contributed by atoms with E-state index in [-0.39, 0.29) is 12.4 Å². The lowest BCUT2D eigenvalue weighted by Gasteiger charge is -1.99. The Kier molecular flexibility index (Phi) is 7.29. The number of benzene rings is 2. The van der Waals surface area contributed by atoms with Gasteiger partial charge in [-0.2, -0.15) is 0 Å². The molecule has 2 aromatic rings. The van der Waals surface area contributed by atoms with Crippen LogP contribution in [0.15, 0.2) is 60.7 Å². The number of carboxylic acids is 1. The predicted octanol–water partition coefficient (Wildman–Crippen LogP) is 3.06. The number of rotatable bonds is 4. The summed E-state index contributed by atoms with van der Waals surface area (Å²) in [5.74, 6) is -1.03. The average molecular weight is 286 g/mol. The summed E-state index contributed by atoms with van der Waals surface area (Å²) in [6, 6.07) is 18.7. The molecule has 0 radical (unpaired) electrons. The lowest BCUT2D eigenvalue weighted by atomic mass is 10.2. The van der Waals surface area contributed by atoms with Gasteiger partial charge in [-0.3, -0.25) is 9.59 Å². The molecule has 0 heterocycles. The highest BCUT2D eigenvalue weighted by molar-refractivity contribution is 5.70. The molecule has 0 fully saturated rings. The van der Waals surface area contributed by atoms with Crippen LogP contribution in [0, 0.1) is 0 Å². The third-order valence-corrected chi connectivity index (χ3v) is 2.48. The van der Waals surface area contributed by atoms with Gasteiger partial charge in [-0.25, -0.2) is 0 Å². The van der Waals surface area contributed by atoms with Crippen molar-refractivity contribution in [3.63, 3.8) is 0 Å². The van der Waals surface area contributed by atoms with Crippen LogP contribution < -0.4 is 0 Å². The summed E-state index contributed by atoms with van der Waals surface area (Å²) in [4.78, 5) is 20.6. The van der Waals surface area contributed by atoms with E-state index < -0.39 is 5.97 Å². The molecule has 21 heavy (non-hydrogen) atoms. The van der Waals surface area contributed by atoms with Crippen LogP contribution in [0.2, 0.25) is 0 Å². The Hall–Kier alpha value is -2.62. The van der Waals surface area contributed by atoms with Crippen molar-refractivity contribution in [1.29, 1.82) is 0 Å². The molecule has 0 atom stereocenters. The van der Waals surface area contributed by atoms with Gasteiger partial charge in [0.05, 0.1) is 6.42 Å². The molecule has 0 amide bonds. The van der Waals surface area contributed by atoms with Crippen LogP contribution in [0.25, 0.3) is 0 Å². The summed E-state index contributed by atoms with van der Waals surface area (Å²) < 4.78 is 4.79. The van der Waals surface area contributed by atoms with Crippen molar-refractivity contribution in [3.8, 4) is 0 Å². The minimum absolute atomic E-state index is 0.112. The number of carbonyl (C=O) groups is 2. The minimum Gasteiger partial charge on any atom is -0.481 e. The van der Waals surface area contributed by atoms with E-state index in [1.54, 1.807) is 12.1 Å². The van der Waals surface area contributed by atoms with Gasteiger partial charge in [0.25, 0.3) is 0 Å². The van der Waals surface area contributed by atoms with E-state index in [0.29, 0.717) is 6.61 Å². The molecule has 0 aliphatic heterocycles.